The number of piperidine rings is 1. The molecule has 3 heterocycles. The highest BCUT2D eigenvalue weighted by Gasteiger charge is 2.35. The van der Waals surface area contributed by atoms with Crippen molar-refractivity contribution in [1.82, 2.24) is 15.2 Å². The lowest BCUT2D eigenvalue weighted by Crippen LogP contribution is -2.34. The molecule has 1 amide bonds. The molecule has 3 rings (SSSR count). The molecule has 0 bridgehead atoms. The molecule has 1 fully saturated rings. The van der Waals surface area contributed by atoms with Gasteiger partial charge in [-0.25, -0.2) is 4.98 Å². The Balaban J connectivity index is 1.76. The molecule has 0 unspecified atom stereocenters. The van der Waals surface area contributed by atoms with Gasteiger partial charge in [0.2, 0.25) is 5.91 Å². The lowest BCUT2D eigenvalue weighted by molar-refractivity contribution is -0.140. The maximum Gasteiger partial charge on any atom is 0.434 e. The Morgan fingerprint density at radius 3 is 2.96 bits per heavy atom. The van der Waals surface area contributed by atoms with E-state index in [0.717, 1.165) is 35.3 Å². The molecule has 0 aliphatic carbocycles. The SMILES string of the molecule is CC(=O)Nc1cn[nH]c1[C@H]1CCCN(c2nc(C(F)(F)F)cs2)C1. The van der Waals surface area contributed by atoms with Crippen molar-refractivity contribution in [3.8, 4) is 0 Å². The Morgan fingerprint density at radius 1 is 1.50 bits per heavy atom. The highest BCUT2D eigenvalue weighted by molar-refractivity contribution is 7.13. The van der Waals surface area contributed by atoms with Crippen molar-refractivity contribution in [3.63, 3.8) is 0 Å². The van der Waals surface area contributed by atoms with Crippen LogP contribution in [0.5, 0.6) is 0 Å². The van der Waals surface area contributed by atoms with Gasteiger partial charge in [-0.3, -0.25) is 9.89 Å². The van der Waals surface area contributed by atoms with Crippen molar-refractivity contribution in [2.75, 3.05) is 23.3 Å². The number of carbonyl (C=O) groups is 1. The summed E-state index contributed by atoms with van der Waals surface area (Å²) in [5.41, 5.74) is 0.553. The largest absolute Gasteiger partial charge is 0.434 e. The van der Waals surface area contributed by atoms with E-state index in [4.69, 9.17) is 0 Å². The van der Waals surface area contributed by atoms with Crippen molar-refractivity contribution >= 4 is 28.1 Å². The van der Waals surface area contributed by atoms with Gasteiger partial charge < -0.3 is 10.2 Å². The van der Waals surface area contributed by atoms with Gasteiger partial charge in [0.05, 0.1) is 17.6 Å². The number of nitrogens with one attached hydrogen (secondary N) is 2. The zero-order chi connectivity index (χ0) is 17.3. The van der Waals surface area contributed by atoms with E-state index in [1.807, 2.05) is 4.90 Å². The fourth-order valence-electron chi connectivity index (χ4n) is 2.82. The Kier molecular flexibility index (Phi) is 4.48. The van der Waals surface area contributed by atoms with E-state index in [-0.39, 0.29) is 11.8 Å². The van der Waals surface area contributed by atoms with Crippen molar-refractivity contribution in [2.45, 2.75) is 31.9 Å². The van der Waals surface area contributed by atoms with Crippen LogP contribution in [0.3, 0.4) is 0 Å². The molecule has 1 atom stereocenters. The quantitative estimate of drug-likeness (QED) is 0.882. The molecule has 130 valence electrons. The number of rotatable bonds is 3. The zero-order valence-electron chi connectivity index (χ0n) is 12.9. The van der Waals surface area contributed by atoms with Gasteiger partial charge in [0.15, 0.2) is 10.8 Å². The number of nitrogens with zero attached hydrogens (tertiary/aromatic N) is 3. The summed E-state index contributed by atoms with van der Waals surface area (Å²) in [6.45, 7) is 2.60. The van der Waals surface area contributed by atoms with Crippen LogP contribution in [-0.2, 0) is 11.0 Å². The Morgan fingerprint density at radius 2 is 2.29 bits per heavy atom. The van der Waals surface area contributed by atoms with Crippen molar-refractivity contribution in [2.24, 2.45) is 0 Å². The summed E-state index contributed by atoms with van der Waals surface area (Å²) in [6.07, 6.45) is -1.19. The fourth-order valence-corrected chi connectivity index (χ4v) is 3.69. The third kappa shape index (κ3) is 3.53. The summed E-state index contributed by atoms with van der Waals surface area (Å²) >= 11 is 0.996. The van der Waals surface area contributed by atoms with Crippen LogP contribution in [0.15, 0.2) is 11.6 Å². The summed E-state index contributed by atoms with van der Waals surface area (Å²) in [7, 11) is 0. The fraction of sp³-hybridized carbons (Fsp3) is 0.500. The molecule has 24 heavy (non-hydrogen) atoms. The molecule has 0 spiro atoms. The molecule has 2 N–H and O–H groups in total. The Labute approximate surface area is 140 Å². The van der Waals surface area contributed by atoms with Crippen molar-refractivity contribution in [3.05, 3.63) is 23.0 Å². The summed E-state index contributed by atoms with van der Waals surface area (Å²) < 4.78 is 38.1. The zero-order valence-corrected chi connectivity index (χ0v) is 13.7. The molecule has 1 saturated heterocycles. The first-order chi connectivity index (χ1) is 11.3. The monoisotopic (exact) mass is 359 g/mol. The van der Waals surface area contributed by atoms with Crippen LogP contribution in [0.25, 0.3) is 0 Å². The van der Waals surface area contributed by atoms with E-state index >= 15 is 0 Å². The first kappa shape index (κ1) is 16.7. The van der Waals surface area contributed by atoms with E-state index in [0.29, 0.717) is 23.9 Å². The number of amides is 1. The third-order valence-corrected chi connectivity index (χ3v) is 4.76. The minimum Gasteiger partial charge on any atom is -0.347 e. The smallest absolute Gasteiger partial charge is 0.347 e. The Bertz CT molecular complexity index is 726. The molecule has 0 radical (unpaired) electrons. The van der Waals surface area contributed by atoms with Crippen LogP contribution < -0.4 is 10.2 Å². The number of aromatic nitrogens is 3. The molecular weight excluding hydrogens is 343 g/mol. The third-order valence-electron chi connectivity index (χ3n) is 3.86. The second kappa shape index (κ2) is 6.42. The van der Waals surface area contributed by atoms with Crippen LogP contribution in [-0.4, -0.2) is 34.2 Å². The normalized spacial score (nSPS) is 18.7. The highest BCUT2D eigenvalue weighted by Crippen LogP contribution is 2.36. The topological polar surface area (TPSA) is 73.9 Å². The number of alkyl halides is 3. The molecule has 1 aliphatic rings. The molecule has 2 aromatic rings. The highest BCUT2D eigenvalue weighted by atomic mass is 32.1. The van der Waals surface area contributed by atoms with Crippen LogP contribution >= 0.6 is 11.3 Å². The lowest BCUT2D eigenvalue weighted by Gasteiger charge is -2.32. The molecule has 1 aliphatic heterocycles. The molecular formula is C14H16F3N5OS. The van der Waals surface area contributed by atoms with Gasteiger partial charge in [-0.2, -0.15) is 18.3 Å². The van der Waals surface area contributed by atoms with Crippen molar-refractivity contribution < 1.29 is 18.0 Å². The predicted octanol–water partition coefficient (Wildman–Crippen LogP) is 3.23. The average molecular weight is 359 g/mol. The first-order valence-corrected chi connectivity index (χ1v) is 8.31. The van der Waals surface area contributed by atoms with Crippen LogP contribution in [0, 0.1) is 0 Å². The number of aromatic amines is 1. The summed E-state index contributed by atoms with van der Waals surface area (Å²) in [4.78, 5) is 16.8. The van der Waals surface area contributed by atoms with Crippen LogP contribution in [0.1, 0.15) is 37.1 Å². The van der Waals surface area contributed by atoms with E-state index in [1.54, 1.807) is 6.20 Å². The predicted molar refractivity (Wildman–Crippen MR) is 84.2 cm³/mol. The molecule has 0 aromatic carbocycles. The summed E-state index contributed by atoms with van der Waals surface area (Å²) in [5, 5.41) is 11.0. The maximum atomic E-state index is 12.7. The molecule has 6 nitrogen and oxygen atoms in total. The molecule has 0 saturated carbocycles. The average Bonchev–Trinajstić information content (AvgIpc) is 3.15. The number of halogens is 3. The first-order valence-electron chi connectivity index (χ1n) is 7.43. The van der Waals surface area contributed by atoms with Gasteiger partial charge in [-0.1, -0.05) is 0 Å². The van der Waals surface area contributed by atoms with Crippen LogP contribution in [0.2, 0.25) is 0 Å². The van der Waals surface area contributed by atoms with Gasteiger partial charge in [0, 0.05) is 31.3 Å². The molecule has 2 aromatic heterocycles. The number of anilines is 2. The minimum absolute atomic E-state index is 0.0429. The van der Waals surface area contributed by atoms with E-state index < -0.39 is 11.9 Å². The van der Waals surface area contributed by atoms with E-state index in [2.05, 4.69) is 20.5 Å². The second-order valence-corrected chi connectivity index (χ2v) is 6.51. The number of hydrogen-bond donors (Lipinski definition) is 2. The van der Waals surface area contributed by atoms with E-state index in [9.17, 15) is 18.0 Å². The summed E-state index contributed by atoms with van der Waals surface area (Å²) in [6, 6.07) is 0. The summed E-state index contributed by atoms with van der Waals surface area (Å²) in [5.74, 6) is -0.151. The van der Waals surface area contributed by atoms with Gasteiger partial charge in [-0.05, 0) is 12.8 Å². The van der Waals surface area contributed by atoms with Crippen molar-refractivity contribution in [1.29, 1.82) is 0 Å². The molecule has 10 heteroatoms. The lowest BCUT2D eigenvalue weighted by atomic mass is 9.94. The standard InChI is InChI=1S/C14H16F3N5OS/c1-8(23)19-10-5-18-21-12(10)9-3-2-4-22(6-9)13-20-11(7-24-13)14(15,16)17/h5,7,9H,2-4,6H2,1H3,(H,18,21)(H,19,23)/t9-/m0/s1. The maximum absolute atomic E-state index is 12.7. The Hall–Kier alpha value is -2.10. The number of H-pyrrole nitrogens is 1. The van der Waals surface area contributed by atoms with Gasteiger partial charge in [-0.15, -0.1) is 11.3 Å². The second-order valence-electron chi connectivity index (χ2n) is 5.68. The number of thiazole rings is 1. The minimum atomic E-state index is -4.42. The number of hydrogen-bond acceptors (Lipinski definition) is 5. The number of carbonyl (C=O) groups excluding carboxylic acids is 1. The van der Waals surface area contributed by atoms with E-state index in [1.165, 1.54) is 6.92 Å². The van der Waals surface area contributed by atoms with Gasteiger partial charge in [0.25, 0.3) is 0 Å². The van der Waals surface area contributed by atoms with Crippen LogP contribution in [0.4, 0.5) is 24.0 Å². The van der Waals surface area contributed by atoms with Gasteiger partial charge in [0.1, 0.15) is 0 Å². The van der Waals surface area contributed by atoms with Gasteiger partial charge >= 0.3 is 6.18 Å².